The highest BCUT2D eigenvalue weighted by Gasteiger charge is 2.42. The van der Waals surface area contributed by atoms with Crippen LogP contribution in [0.4, 0.5) is 4.79 Å². The number of imide groups is 1. The zero-order chi connectivity index (χ0) is 12.2. The maximum atomic E-state index is 12.1. The molecule has 3 rings (SSSR count). The van der Waals surface area contributed by atoms with E-state index < -0.39 is 0 Å². The third-order valence-corrected chi connectivity index (χ3v) is 3.03. The summed E-state index contributed by atoms with van der Waals surface area (Å²) in [5.74, 6) is 0.149. The van der Waals surface area contributed by atoms with E-state index in [1.807, 2.05) is 24.3 Å². The topological polar surface area (TPSA) is 52.8 Å². The quantitative estimate of drug-likeness (QED) is 0.540. The number of rotatable bonds is 0. The Hall–Kier alpha value is -2.30. The predicted molar refractivity (Wildman–Crippen MR) is 60.0 cm³/mol. The minimum Gasteiger partial charge on any atom is -0.250 e. The maximum Gasteiger partial charge on any atom is 0.445 e. The molecule has 0 aromatic heterocycles. The number of urea groups is 1. The van der Waals surface area contributed by atoms with Crippen LogP contribution in [0.25, 0.3) is 5.57 Å². The lowest BCUT2D eigenvalue weighted by atomic mass is 10.1. The Kier molecular flexibility index (Phi) is 1.80. The van der Waals surface area contributed by atoms with Crippen molar-refractivity contribution in [1.82, 2.24) is 4.90 Å². The monoisotopic (exact) mass is 228 g/mol. The highest BCUT2D eigenvalue weighted by molar-refractivity contribution is 6.44. The molecule has 2 aliphatic rings. The average Bonchev–Trinajstić information content (AvgIpc) is 2.73. The number of carbonyl (C=O) groups excluding carboxylic acids is 2. The van der Waals surface area contributed by atoms with Gasteiger partial charge < -0.3 is 0 Å². The van der Waals surface area contributed by atoms with Crippen LogP contribution < -0.4 is 10.6 Å². The Morgan fingerprint density at radius 3 is 2.71 bits per heavy atom. The Balaban J connectivity index is 2.48. The molecule has 84 valence electrons. The van der Waals surface area contributed by atoms with Gasteiger partial charge >= 0.3 is 11.9 Å². The molecular formula is C12H10N3O2+. The molecule has 0 bridgehead atoms. The van der Waals surface area contributed by atoms with Gasteiger partial charge in [0.05, 0.1) is 14.1 Å². The van der Waals surface area contributed by atoms with E-state index >= 15 is 0 Å². The Bertz CT molecular complexity index is 716. The molecule has 0 fully saturated rings. The van der Waals surface area contributed by atoms with E-state index in [4.69, 9.17) is 0 Å². The SMILES string of the molecule is CN1C(=O)C2=c3ccccc3=NC2=[N+](C)C1=O. The van der Waals surface area contributed by atoms with Gasteiger partial charge in [0, 0.05) is 5.22 Å². The molecule has 0 unspecified atom stereocenters. The lowest BCUT2D eigenvalue weighted by molar-refractivity contribution is -0.401. The molecule has 2 aliphatic heterocycles. The van der Waals surface area contributed by atoms with Crippen molar-refractivity contribution in [2.75, 3.05) is 14.1 Å². The summed E-state index contributed by atoms with van der Waals surface area (Å²) in [5, 5.41) is 1.53. The van der Waals surface area contributed by atoms with Crippen molar-refractivity contribution in [3.05, 3.63) is 34.8 Å². The van der Waals surface area contributed by atoms with E-state index in [-0.39, 0.29) is 11.9 Å². The van der Waals surface area contributed by atoms with Gasteiger partial charge in [-0.1, -0.05) is 18.2 Å². The van der Waals surface area contributed by atoms with Gasteiger partial charge in [0.15, 0.2) is 0 Å². The summed E-state index contributed by atoms with van der Waals surface area (Å²) >= 11 is 0. The molecule has 1 aromatic rings. The zero-order valence-electron chi connectivity index (χ0n) is 9.47. The summed E-state index contributed by atoms with van der Waals surface area (Å²) in [6.07, 6.45) is 0. The minimum absolute atomic E-state index is 0.295. The van der Waals surface area contributed by atoms with Gasteiger partial charge in [-0.05, 0) is 6.07 Å². The highest BCUT2D eigenvalue weighted by atomic mass is 16.2. The van der Waals surface area contributed by atoms with Gasteiger partial charge in [-0.25, -0.2) is 9.59 Å². The van der Waals surface area contributed by atoms with Crippen LogP contribution in [0, 0.1) is 0 Å². The Morgan fingerprint density at radius 2 is 1.94 bits per heavy atom. The molecule has 0 aliphatic carbocycles. The zero-order valence-corrected chi connectivity index (χ0v) is 9.47. The number of carbonyl (C=O) groups is 2. The Labute approximate surface area is 97.0 Å². The van der Waals surface area contributed by atoms with E-state index in [9.17, 15) is 9.59 Å². The van der Waals surface area contributed by atoms with E-state index in [0.717, 1.165) is 15.5 Å². The fraction of sp³-hybridized carbons (Fsp3) is 0.167. The normalized spacial score (nSPS) is 18.2. The van der Waals surface area contributed by atoms with Crippen molar-refractivity contribution in [1.29, 1.82) is 0 Å². The molecule has 0 saturated carbocycles. The predicted octanol–water partition coefficient (Wildman–Crippen LogP) is -0.897. The summed E-state index contributed by atoms with van der Waals surface area (Å²) in [6, 6.07) is 7.03. The number of amidine groups is 1. The van der Waals surface area contributed by atoms with E-state index in [1.54, 1.807) is 7.05 Å². The molecule has 17 heavy (non-hydrogen) atoms. The second-order valence-corrected chi connectivity index (χ2v) is 4.03. The number of hydrogen-bond acceptors (Lipinski definition) is 3. The van der Waals surface area contributed by atoms with Gasteiger partial charge in [-0.3, -0.25) is 0 Å². The molecule has 1 aromatic carbocycles. The van der Waals surface area contributed by atoms with E-state index in [0.29, 0.717) is 11.4 Å². The molecule has 5 nitrogen and oxygen atoms in total. The smallest absolute Gasteiger partial charge is 0.250 e. The fourth-order valence-corrected chi connectivity index (χ4v) is 2.10. The molecule has 0 radical (unpaired) electrons. The second-order valence-electron chi connectivity index (χ2n) is 4.03. The first-order chi connectivity index (χ1) is 8.11. The van der Waals surface area contributed by atoms with Crippen molar-refractivity contribution in [3.8, 4) is 0 Å². The van der Waals surface area contributed by atoms with Gasteiger partial charge in [0.2, 0.25) is 0 Å². The second kappa shape index (κ2) is 3.10. The van der Waals surface area contributed by atoms with Gasteiger partial charge in [0.25, 0.3) is 5.84 Å². The van der Waals surface area contributed by atoms with Crippen molar-refractivity contribution < 1.29 is 14.2 Å². The number of amides is 3. The lowest BCUT2D eigenvalue weighted by Crippen LogP contribution is -2.47. The summed E-state index contributed by atoms with van der Waals surface area (Å²) in [7, 11) is 3.10. The van der Waals surface area contributed by atoms with Crippen LogP contribution in [0.3, 0.4) is 0 Å². The third-order valence-electron chi connectivity index (χ3n) is 3.03. The summed E-state index contributed by atoms with van der Waals surface area (Å²) in [6.45, 7) is 0. The van der Waals surface area contributed by atoms with Gasteiger partial charge in [0.1, 0.15) is 10.9 Å². The van der Waals surface area contributed by atoms with Crippen molar-refractivity contribution in [3.63, 3.8) is 0 Å². The number of benzene rings is 1. The number of para-hydroxylation sites is 1. The lowest BCUT2D eigenvalue weighted by Gasteiger charge is -2.16. The van der Waals surface area contributed by atoms with Crippen LogP contribution in [0.15, 0.2) is 29.3 Å². The first-order valence-corrected chi connectivity index (χ1v) is 5.22. The molecule has 0 saturated heterocycles. The fourth-order valence-electron chi connectivity index (χ4n) is 2.10. The van der Waals surface area contributed by atoms with Crippen molar-refractivity contribution in [2.45, 2.75) is 0 Å². The largest absolute Gasteiger partial charge is 0.445 e. The van der Waals surface area contributed by atoms with Crippen LogP contribution in [0.5, 0.6) is 0 Å². The minimum atomic E-state index is -0.356. The van der Waals surface area contributed by atoms with Crippen LogP contribution in [-0.2, 0) is 4.79 Å². The molecule has 2 heterocycles. The van der Waals surface area contributed by atoms with E-state index in [1.165, 1.54) is 11.6 Å². The highest BCUT2D eigenvalue weighted by Crippen LogP contribution is 2.13. The van der Waals surface area contributed by atoms with Crippen LogP contribution in [0.2, 0.25) is 0 Å². The summed E-state index contributed by atoms with van der Waals surface area (Å²) in [4.78, 5) is 29.3. The molecule has 0 spiro atoms. The maximum absolute atomic E-state index is 12.1. The van der Waals surface area contributed by atoms with Crippen molar-refractivity contribution in [2.24, 2.45) is 4.99 Å². The van der Waals surface area contributed by atoms with Crippen LogP contribution in [-0.4, -0.2) is 41.3 Å². The standard InChI is InChI=1S/C12H10N3O2/c1-14-10-9(11(16)15(2)12(14)17)7-5-3-4-6-8(7)13-10/h3-6H,1-2H3/q+1. The average molecular weight is 228 g/mol. The number of fused-ring (bicyclic) bond motifs is 2. The Morgan fingerprint density at radius 1 is 1.24 bits per heavy atom. The van der Waals surface area contributed by atoms with Crippen molar-refractivity contribution >= 4 is 23.3 Å². The van der Waals surface area contributed by atoms with E-state index in [2.05, 4.69) is 4.99 Å². The van der Waals surface area contributed by atoms with Crippen LogP contribution >= 0.6 is 0 Å². The third kappa shape index (κ3) is 1.13. The molecule has 5 heteroatoms. The molecule has 0 atom stereocenters. The van der Waals surface area contributed by atoms with Crippen LogP contribution in [0.1, 0.15) is 0 Å². The molecular weight excluding hydrogens is 218 g/mol. The van der Waals surface area contributed by atoms with Gasteiger partial charge in [-0.15, -0.1) is 4.99 Å². The molecule has 3 amide bonds. The number of nitrogens with zero attached hydrogens (tertiary/aromatic N) is 3. The summed E-state index contributed by atoms with van der Waals surface area (Å²) in [5.41, 5.74) is 0.505. The molecule has 0 N–H and O–H groups in total. The number of hydrogen-bond donors (Lipinski definition) is 0. The summed E-state index contributed by atoms with van der Waals surface area (Å²) < 4.78 is 1.40. The first kappa shape index (κ1) is 9.89. The van der Waals surface area contributed by atoms with Gasteiger partial charge in [-0.2, -0.15) is 9.48 Å². The first-order valence-electron chi connectivity index (χ1n) is 5.22.